The van der Waals surface area contributed by atoms with Gasteiger partial charge in [-0.15, -0.1) is 0 Å². The molecule has 13 rings (SSSR count). The molecule has 6 heteroatoms. The summed E-state index contributed by atoms with van der Waals surface area (Å²) in [7, 11) is 0. The van der Waals surface area contributed by atoms with Crippen molar-refractivity contribution in [1.29, 1.82) is 0 Å². The second-order valence-electron chi connectivity index (χ2n) is 16.5. The number of fused-ring (bicyclic) bond motifs is 8. The number of aromatic nitrogens is 2. The van der Waals surface area contributed by atoms with Gasteiger partial charge in [-0.2, -0.15) is 0 Å². The molecule has 8 aromatic carbocycles. The van der Waals surface area contributed by atoms with E-state index in [9.17, 15) is 0 Å². The molecule has 0 aliphatic carbocycles. The second-order valence-corrected chi connectivity index (χ2v) is 16.5. The Morgan fingerprint density at radius 1 is 0.381 bits per heavy atom. The maximum absolute atomic E-state index is 5.11. The number of para-hydroxylation sites is 5. The Morgan fingerprint density at radius 2 is 0.937 bits per heavy atom. The quantitative estimate of drug-likeness (QED) is 0.162. The molecule has 63 heavy (non-hydrogen) atoms. The van der Waals surface area contributed by atoms with Gasteiger partial charge in [0.1, 0.15) is 0 Å². The maximum atomic E-state index is 5.11. The van der Waals surface area contributed by atoms with Crippen molar-refractivity contribution >= 4 is 85.2 Å². The number of rotatable bonds is 5. The summed E-state index contributed by atoms with van der Waals surface area (Å²) in [6.45, 7) is -0.0752. The van der Waals surface area contributed by atoms with Gasteiger partial charge in [0.25, 0.3) is 0 Å². The Balaban J connectivity index is 1.30. The van der Waals surface area contributed by atoms with E-state index < -0.39 is 5.41 Å². The van der Waals surface area contributed by atoms with E-state index in [1.165, 1.54) is 38.6 Å². The Kier molecular flexibility index (Phi) is 7.85. The molecule has 0 radical (unpaired) electrons. The first-order valence-electron chi connectivity index (χ1n) is 21.6. The highest BCUT2D eigenvalue weighted by atomic mass is 15.3. The largest absolute Gasteiger partial charge is 0.309 e. The lowest BCUT2D eigenvalue weighted by atomic mass is 9.29. The number of benzene rings is 8. The minimum atomic E-state index is -0.706. The Labute approximate surface area is 366 Å². The monoisotopic (exact) mass is 803 g/mol. The first-order chi connectivity index (χ1) is 31.3. The van der Waals surface area contributed by atoms with Gasteiger partial charge >= 0.3 is 0 Å². The highest BCUT2D eigenvalue weighted by Crippen LogP contribution is 2.62. The van der Waals surface area contributed by atoms with Gasteiger partial charge in [0, 0.05) is 41.0 Å². The molecule has 5 heterocycles. The van der Waals surface area contributed by atoms with Crippen LogP contribution in [-0.4, -0.2) is 16.7 Å². The first kappa shape index (κ1) is 35.5. The fourth-order valence-electron chi connectivity index (χ4n) is 11.0. The van der Waals surface area contributed by atoms with E-state index in [1.807, 2.05) is 24.7 Å². The average Bonchev–Trinajstić information content (AvgIpc) is 3.36. The van der Waals surface area contributed by atoms with Crippen molar-refractivity contribution in [3.63, 3.8) is 0 Å². The van der Waals surface area contributed by atoms with Crippen molar-refractivity contribution in [2.24, 2.45) is 0 Å². The van der Waals surface area contributed by atoms with Crippen LogP contribution in [0.4, 0.5) is 51.2 Å². The maximum Gasteiger partial charge on any atom is 0.247 e. The van der Waals surface area contributed by atoms with Gasteiger partial charge in [-0.05, 0) is 93.8 Å². The van der Waals surface area contributed by atoms with Gasteiger partial charge in [-0.25, -0.2) is 0 Å². The normalized spacial score (nSPS) is 14.0. The predicted molar refractivity (Wildman–Crippen MR) is 260 cm³/mol. The van der Waals surface area contributed by atoms with Crippen molar-refractivity contribution in [2.45, 2.75) is 5.41 Å². The molecule has 0 bridgehead atoms. The summed E-state index contributed by atoms with van der Waals surface area (Å²) in [4.78, 5) is 17.2. The molecule has 0 unspecified atom stereocenters. The summed E-state index contributed by atoms with van der Waals surface area (Å²) in [5, 5.41) is 1.09. The van der Waals surface area contributed by atoms with Gasteiger partial charge in [0.05, 0.1) is 45.1 Å². The molecule has 0 N–H and O–H groups in total. The lowest BCUT2D eigenvalue weighted by Gasteiger charge is -2.51. The molecule has 0 saturated heterocycles. The Hall–Kier alpha value is -8.22. The molecule has 0 fully saturated rings. The van der Waals surface area contributed by atoms with E-state index in [-0.39, 0.29) is 6.71 Å². The molecule has 0 atom stereocenters. The molecule has 3 aliphatic heterocycles. The topological polar surface area (TPSA) is 35.5 Å². The molecule has 294 valence electrons. The van der Waals surface area contributed by atoms with Crippen LogP contribution in [0.1, 0.15) is 22.3 Å². The van der Waals surface area contributed by atoms with Crippen LogP contribution in [-0.2, 0) is 5.41 Å². The molecule has 3 aliphatic rings. The van der Waals surface area contributed by atoms with Crippen molar-refractivity contribution in [2.75, 3.05) is 14.7 Å². The SMILES string of the molecule is c1ccc(N2c3ccccc3N(c3cccc4cccnc34)c3cc4c5c(c32)N(c2ccncc2)c2ccccc2B5c2ccccc2C4(c2ccccc2)c2ccccc2)cc1. The van der Waals surface area contributed by atoms with Crippen molar-refractivity contribution in [3.8, 4) is 0 Å². The highest BCUT2D eigenvalue weighted by Gasteiger charge is 2.53. The summed E-state index contributed by atoms with van der Waals surface area (Å²) in [5.41, 5.74) is 18.8. The molecular formula is C57H38BN5. The van der Waals surface area contributed by atoms with Gasteiger partial charge in [0.15, 0.2) is 0 Å². The minimum absolute atomic E-state index is 0.0752. The van der Waals surface area contributed by atoms with E-state index in [1.54, 1.807) is 0 Å². The van der Waals surface area contributed by atoms with Crippen LogP contribution in [0, 0.1) is 0 Å². The second kappa shape index (κ2) is 13.9. The zero-order chi connectivity index (χ0) is 41.5. The summed E-state index contributed by atoms with van der Waals surface area (Å²) in [6, 6.07) is 77.9. The molecule has 0 spiro atoms. The van der Waals surface area contributed by atoms with Crippen LogP contribution in [0.3, 0.4) is 0 Å². The van der Waals surface area contributed by atoms with Crippen LogP contribution in [0.25, 0.3) is 10.9 Å². The summed E-state index contributed by atoms with van der Waals surface area (Å²) in [5.74, 6) is 0. The lowest BCUT2D eigenvalue weighted by molar-refractivity contribution is 0.750. The molecule has 5 nitrogen and oxygen atoms in total. The molecule has 0 amide bonds. The standard InChI is InChI=1S/C57H38BN5/c1-4-20-40(21-5-1)57(41-22-6-2-7-23-41)44-26-10-11-27-46(44)58-47-28-12-13-29-48(47)61(43-33-36-59-37-34-43)56-53(58)45(57)38-52-55(56)62(42-24-8-3-9-25-42)49-30-14-15-31-50(49)63(52)51-32-16-18-39-19-17-35-60-54(39)51/h1-38H. The van der Waals surface area contributed by atoms with E-state index in [4.69, 9.17) is 4.98 Å². The number of pyridine rings is 2. The average molecular weight is 804 g/mol. The van der Waals surface area contributed by atoms with Crippen LogP contribution in [0.2, 0.25) is 0 Å². The number of hydrogen-bond donors (Lipinski definition) is 0. The molecule has 2 aromatic heterocycles. The fraction of sp³-hybridized carbons (Fsp3) is 0.0175. The third-order valence-corrected chi connectivity index (χ3v) is 13.4. The Morgan fingerprint density at radius 3 is 1.67 bits per heavy atom. The third kappa shape index (κ3) is 5.00. The zero-order valence-electron chi connectivity index (χ0n) is 34.3. The van der Waals surface area contributed by atoms with E-state index in [2.05, 4.69) is 226 Å². The summed E-state index contributed by atoms with van der Waals surface area (Å²) < 4.78 is 0. The summed E-state index contributed by atoms with van der Waals surface area (Å²) >= 11 is 0. The molecular weight excluding hydrogens is 765 g/mol. The molecule has 10 aromatic rings. The van der Waals surface area contributed by atoms with Crippen LogP contribution >= 0.6 is 0 Å². The van der Waals surface area contributed by atoms with Crippen molar-refractivity contribution in [3.05, 3.63) is 253 Å². The van der Waals surface area contributed by atoms with E-state index in [0.29, 0.717) is 0 Å². The smallest absolute Gasteiger partial charge is 0.247 e. The fourth-order valence-corrected chi connectivity index (χ4v) is 11.0. The first-order valence-corrected chi connectivity index (χ1v) is 21.6. The van der Waals surface area contributed by atoms with Crippen LogP contribution in [0.15, 0.2) is 231 Å². The minimum Gasteiger partial charge on any atom is -0.309 e. The van der Waals surface area contributed by atoms with Crippen molar-refractivity contribution < 1.29 is 0 Å². The van der Waals surface area contributed by atoms with Crippen LogP contribution < -0.4 is 31.1 Å². The summed E-state index contributed by atoms with van der Waals surface area (Å²) in [6.07, 6.45) is 5.74. The Bertz CT molecular complexity index is 3330. The van der Waals surface area contributed by atoms with Crippen LogP contribution in [0.5, 0.6) is 0 Å². The van der Waals surface area contributed by atoms with E-state index >= 15 is 0 Å². The van der Waals surface area contributed by atoms with E-state index in [0.717, 1.165) is 62.1 Å². The van der Waals surface area contributed by atoms with Gasteiger partial charge < -0.3 is 14.7 Å². The van der Waals surface area contributed by atoms with Crippen molar-refractivity contribution in [1.82, 2.24) is 9.97 Å². The number of hydrogen-bond acceptors (Lipinski definition) is 5. The zero-order valence-corrected chi connectivity index (χ0v) is 34.3. The van der Waals surface area contributed by atoms with Gasteiger partial charge in [0.2, 0.25) is 6.71 Å². The number of nitrogens with zero attached hydrogens (tertiary/aromatic N) is 5. The lowest BCUT2D eigenvalue weighted by Crippen LogP contribution is -2.65. The highest BCUT2D eigenvalue weighted by molar-refractivity contribution is 6.99. The van der Waals surface area contributed by atoms with Gasteiger partial charge in [-0.1, -0.05) is 157 Å². The third-order valence-electron chi connectivity index (χ3n) is 13.4. The predicted octanol–water partition coefficient (Wildman–Crippen LogP) is 11.9. The number of anilines is 9. The molecule has 0 saturated carbocycles. The van der Waals surface area contributed by atoms with Gasteiger partial charge in [-0.3, -0.25) is 9.97 Å².